The molecule has 1 amide bonds. The molecule has 0 fully saturated rings. The van der Waals surface area contributed by atoms with Gasteiger partial charge in [-0.1, -0.05) is 30.0 Å². The van der Waals surface area contributed by atoms with Crippen molar-refractivity contribution in [3.8, 4) is 5.75 Å². The van der Waals surface area contributed by atoms with Crippen LogP contribution in [-0.2, 0) is 11.2 Å². The molecule has 0 aliphatic heterocycles. The van der Waals surface area contributed by atoms with Crippen LogP contribution >= 0.6 is 11.8 Å². The van der Waals surface area contributed by atoms with E-state index in [0.717, 1.165) is 17.0 Å². The molecule has 2 N–H and O–H groups in total. The Morgan fingerprint density at radius 1 is 1.39 bits per heavy atom. The molecule has 0 aliphatic carbocycles. The van der Waals surface area contributed by atoms with Crippen molar-refractivity contribution in [2.75, 3.05) is 19.4 Å². The highest BCUT2D eigenvalue weighted by atomic mass is 32.2. The van der Waals surface area contributed by atoms with Crippen LogP contribution < -0.4 is 15.7 Å². The van der Waals surface area contributed by atoms with E-state index >= 15 is 0 Å². The number of aromatic amines is 1. The summed E-state index contributed by atoms with van der Waals surface area (Å²) in [6.45, 7) is 2.31. The van der Waals surface area contributed by atoms with Gasteiger partial charge in [0.15, 0.2) is 0 Å². The number of thioether (sulfide) groups is 1. The summed E-state index contributed by atoms with van der Waals surface area (Å²) in [5.41, 5.74) is 1.38. The summed E-state index contributed by atoms with van der Waals surface area (Å²) in [5.74, 6) is 0.950. The number of carbonyl (C=O) groups is 1. The fraction of sp³-hybridized carbons (Fsp3) is 0.312. The van der Waals surface area contributed by atoms with Crippen LogP contribution in [0.5, 0.6) is 5.75 Å². The van der Waals surface area contributed by atoms with Gasteiger partial charge >= 0.3 is 5.69 Å². The molecule has 0 unspecified atom stereocenters. The summed E-state index contributed by atoms with van der Waals surface area (Å²) in [5, 5.41) is 3.40. The minimum absolute atomic E-state index is 0.0929. The standard InChI is InChI=1S/C16H19N3O3S/c1-11-9-15(19-16(21)18-11)23-10-14(20)17-8-7-12-5-3-4-6-13(12)22-2/h3-6,9H,7-8,10H2,1-2H3,(H,17,20)(H,18,19,21). The molecule has 0 saturated carbocycles. The van der Waals surface area contributed by atoms with Gasteiger partial charge in [-0.25, -0.2) is 4.79 Å². The number of methoxy groups -OCH3 is 1. The molecule has 2 aromatic rings. The maximum Gasteiger partial charge on any atom is 0.346 e. The molecule has 7 heteroatoms. The van der Waals surface area contributed by atoms with Gasteiger partial charge < -0.3 is 15.0 Å². The normalized spacial score (nSPS) is 10.3. The number of hydrogen-bond donors (Lipinski definition) is 2. The van der Waals surface area contributed by atoms with E-state index < -0.39 is 5.69 Å². The maximum absolute atomic E-state index is 11.9. The summed E-state index contributed by atoms with van der Waals surface area (Å²) >= 11 is 1.24. The van der Waals surface area contributed by atoms with Crippen LogP contribution in [0.2, 0.25) is 0 Å². The van der Waals surface area contributed by atoms with Gasteiger partial charge in [-0.2, -0.15) is 4.98 Å². The van der Waals surface area contributed by atoms with Crippen molar-refractivity contribution in [3.63, 3.8) is 0 Å². The van der Waals surface area contributed by atoms with Crippen LogP contribution in [0.3, 0.4) is 0 Å². The average molecular weight is 333 g/mol. The van der Waals surface area contributed by atoms with Crippen LogP contribution in [-0.4, -0.2) is 35.3 Å². The third-order valence-electron chi connectivity index (χ3n) is 3.12. The Bertz CT molecular complexity index is 731. The van der Waals surface area contributed by atoms with Gasteiger partial charge in [0.1, 0.15) is 10.8 Å². The molecular formula is C16H19N3O3S. The largest absolute Gasteiger partial charge is 0.496 e. The van der Waals surface area contributed by atoms with Gasteiger partial charge in [0.05, 0.1) is 12.9 Å². The number of carbonyl (C=O) groups excluding carboxylic acids is 1. The molecule has 23 heavy (non-hydrogen) atoms. The van der Waals surface area contributed by atoms with Crippen molar-refractivity contribution in [1.29, 1.82) is 0 Å². The fourth-order valence-electron chi connectivity index (χ4n) is 2.06. The van der Waals surface area contributed by atoms with Gasteiger partial charge in [-0.3, -0.25) is 4.79 Å². The van der Waals surface area contributed by atoms with Gasteiger partial charge in [-0.15, -0.1) is 0 Å². The number of rotatable bonds is 7. The smallest absolute Gasteiger partial charge is 0.346 e. The molecule has 0 saturated heterocycles. The number of H-pyrrole nitrogens is 1. The van der Waals surface area contributed by atoms with Crippen molar-refractivity contribution in [1.82, 2.24) is 15.3 Å². The zero-order valence-corrected chi connectivity index (χ0v) is 13.9. The first-order chi connectivity index (χ1) is 11.1. The monoisotopic (exact) mass is 333 g/mol. The fourth-order valence-corrected chi connectivity index (χ4v) is 2.85. The number of hydrogen-bond acceptors (Lipinski definition) is 5. The molecule has 1 aromatic heterocycles. The van der Waals surface area contributed by atoms with Crippen molar-refractivity contribution >= 4 is 17.7 Å². The van der Waals surface area contributed by atoms with E-state index in [1.807, 2.05) is 24.3 Å². The zero-order chi connectivity index (χ0) is 16.7. The Hall–Kier alpha value is -2.28. The van der Waals surface area contributed by atoms with Gasteiger partial charge in [-0.05, 0) is 31.0 Å². The Labute approximate surface area is 138 Å². The van der Waals surface area contributed by atoms with Crippen LogP contribution in [0.1, 0.15) is 11.3 Å². The number of nitrogens with one attached hydrogen (secondary N) is 2. The second kappa shape index (κ2) is 8.38. The van der Waals surface area contributed by atoms with E-state index in [2.05, 4.69) is 15.3 Å². The van der Waals surface area contributed by atoms with Crippen LogP contribution in [0.4, 0.5) is 0 Å². The first-order valence-electron chi connectivity index (χ1n) is 7.18. The summed E-state index contributed by atoms with van der Waals surface area (Å²) in [7, 11) is 1.63. The van der Waals surface area contributed by atoms with E-state index in [0.29, 0.717) is 18.0 Å². The zero-order valence-electron chi connectivity index (χ0n) is 13.1. The quantitative estimate of drug-likeness (QED) is 0.593. The van der Waals surface area contributed by atoms with E-state index in [9.17, 15) is 9.59 Å². The molecule has 2 rings (SSSR count). The highest BCUT2D eigenvalue weighted by molar-refractivity contribution is 7.99. The average Bonchev–Trinajstić information content (AvgIpc) is 2.52. The minimum atomic E-state index is -0.399. The molecule has 0 bridgehead atoms. The predicted molar refractivity (Wildman–Crippen MR) is 90.0 cm³/mol. The van der Waals surface area contributed by atoms with Crippen LogP contribution in [0.15, 0.2) is 40.2 Å². The highest BCUT2D eigenvalue weighted by Crippen LogP contribution is 2.17. The number of benzene rings is 1. The predicted octanol–water partition coefficient (Wildman–Crippen LogP) is 1.54. The highest BCUT2D eigenvalue weighted by Gasteiger charge is 2.06. The van der Waals surface area contributed by atoms with Crippen molar-refractivity contribution in [3.05, 3.63) is 52.1 Å². The molecule has 122 valence electrons. The first kappa shape index (κ1) is 17.1. The van der Waals surface area contributed by atoms with Crippen molar-refractivity contribution in [2.24, 2.45) is 0 Å². The Kier molecular flexibility index (Phi) is 6.22. The number of aryl methyl sites for hydroxylation is 1. The van der Waals surface area contributed by atoms with Crippen molar-refractivity contribution < 1.29 is 9.53 Å². The van der Waals surface area contributed by atoms with Gasteiger partial charge in [0.2, 0.25) is 5.91 Å². The summed E-state index contributed by atoms with van der Waals surface area (Å²) < 4.78 is 5.27. The molecule has 1 heterocycles. The second-order valence-corrected chi connectivity index (χ2v) is 5.90. The summed E-state index contributed by atoms with van der Waals surface area (Å²) in [6, 6.07) is 9.47. The lowest BCUT2D eigenvalue weighted by Gasteiger charge is -2.09. The van der Waals surface area contributed by atoms with Crippen LogP contribution in [0, 0.1) is 6.92 Å². The lowest BCUT2D eigenvalue weighted by Crippen LogP contribution is -2.27. The third kappa shape index (κ3) is 5.45. The number of amides is 1. The second-order valence-electron chi connectivity index (χ2n) is 4.91. The molecule has 0 spiro atoms. The Balaban J connectivity index is 1.78. The van der Waals surface area contributed by atoms with Crippen LogP contribution in [0.25, 0.3) is 0 Å². The molecule has 6 nitrogen and oxygen atoms in total. The topological polar surface area (TPSA) is 84.1 Å². The summed E-state index contributed by atoms with van der Waals surface area (Å²) in [4.78, 5) is 29.5. The van der Waals surface area contributed by atoms with E-state index in [4.69, 9.17) is 4.74 Å². The minimum Gasteiger partial charge on any atom is -0.496 e. The number of para-hydroxylation sites is 1. The van der Waals surface area contributed by atoms with E-state index in [-0.39, 0.29) is 11.7 Å². The van der Waals surface area contributed by atoms with Gasteiger partial charge in [0, 0.05) is 12.2 Å². The lowest BCUT2D eigenvalue weighted by atomic mass is 10.1. The number of aromatic nitrogens is 2. The number of nitrogens with zero attached hydrogens (tertiary/aromatic N) is 1. The molecular weight excluding hydrogens is 314 g/mol. The molecule has 0 radical (unpaired) electrons. The molecule has 0 aliphatic rings. The lowest BCUT2D eigenvalue weighted by molar-refractivity contribution is -0.118. The van der Waals surface area contributed by atoms with E-state index in [1.165, 1.54) is 11.8 Å². The number of ether oxygens (including phenoxy) is 1. The summed E-state index contributed by atoms with van der Waals surface area (Å²) in [6.07, 6.45) is 0.697. The van der Waals surface area contributed by atoms with Crippen molar-refractivity contribution in [2.45, 2.75) is 18.4 Å². The van der Waals surface area contributed by atoms with Gasteiger partial charge in [0.25, 0.3) is 0 Å². The first-order valence-corrected chi connectivity index (χ1v) is 8.16. The SMILES string of the molecule is COc1ccccc1CCNC(=O)CSc1cc(C)[nH]c(=O)n1. The Morgan fingerprint density at radius 2 is 2.17 bits per heavy atom. The maximum atomic E-state index is 11.9. The molecule has 1 aromatic carbocycles. The molecule has 0 atom stereocenters. The third-order valence-corrected chi connectivity index (χ3v) is 4.03. The Morgan fingerprint density at radius 3 is 2.91 bits per heavy atom. The van der Waals surface area contributed by atoms with E-state index in [1.54, 1.807) is 20.1 Å².